The van der Waals surface area contributed by atoms with Crippen molar-refractivity contribution in [3.05, 3.63) is 93.7 Å². The molecule has 0 saturated carbocycles. The Bertz CT molecular complexity index is 1230. The molecule has 0 bridgehead atoms. The van der Waals surface area contributed by atoms with E-state index in [0.717, 1.165) is 24.3 Å². The minimum atomic E-state index is -4.07. The maximum atomic E-state index is 13.0. The second-order valence-electron chi connectivity index (χ2n) is 6.17. The third-order valence-corrected chi connectivity index (χ3v) is 5.96. The topological polar surface area (TPSA) is 104 Å². The van der Waals surface area contributed by atoms with Gasteiger partial charge in [0.1, 0.15) is 5.82 Å². The fourth-order valence-electron chi connectivity index (χ4n) is 2.42. The van der Waals surface area contributed by atoms with E-state index in [1.54, 1.807) is 0 Å². The molecule has 3 rings (SSSR count). The highest BCUT2D eigenvalue weighted by molar-refractivity contribution is 7.92. The molecule has 0 saturated heterocycles. The van der Waals surface area contributed by atoms with E-state index >= 15 is 0 Å². The number of carbonyl (C=O) groups is 2. The highest BCUT2D eigenvalue weighted by Gasteiger charge is 2.18. The van der Waals surface area contributed by atoms with E-state index in [9.17, 15) is 22.4 Å². The van der Waals surface area contributed by atoms with Gasteiger partial charge in [-0.3, -0.25) is 25.2 Å². The van der Waals surface area contributed by atoms with E-state index in [1.807, 2.05) is 0 Å². The molecule has 7 nitrogen and oxygen atoms in total. The van der Waals surface area contributed by atoms with Gasteiger partial charge in [-0.2, -0.15) is 0 Å². The number of hydrogen-bond donors (Lipinski definition) is 3. The van der Waals surface area contributed by atoms with Crippen LogP contribution in [-0.2, 0) is 10.0 Å². The lowest BCUT2D eigenvalue weighted by Crippen LogP contribution is -2.41. The molecule has 31 heavy (non-hydrogen) atoms. The fourth-order valence-corrected chi connectivity index (χ4v) is 3.84. The minimum Gasteiger partial charge on any atom is -0.278 e. The summed E-state index contributed by atoms with van der Waals surface area (Å²) in [7, 11) is -4.07. The summed E-state index contributed by atoms with van der Waals surface area (Å²) in [4.78, 5) is 24.2. The number of rotatable bonds is 5. The number of hydrazine groups is 1. The van der Waals surface area contributed by atoms with Crippen LogP contribution >= 0.6 is 23.2 Å². The van der Waals surface area contributed by atoms with Gasteiger partial charge < -0.3 is 0 Å². The molecule has 0 heterocycles. The Morgan fingerprint density at radius 2 is 1.32 bits per heavy atom. The third kappa shape index (κ3) is 5.72. The van der Waals surface area contributed by atoms with Crippen LogP contribution in [0.1, 0.15) is 20.7 Å². The van der Waals surface area contributed by atoms with Crippen molar-refractivity contribution in [1.29, 1.82) is 0 Å². The molecule has 0 atom stereocenters. The second-order valence-corrected chi connectivity index (χ2v) is 8.70. The van der Waals surface area contributed by atoms with Crippen molar-refractivity contribution in [1.82, 2.24) is 10.9 Å². The standard InChI is InChI=1S/C20H14Cl2FN3O4S/c21-14-4-1-12(2-5-14)19(27)24-25-20(28)13-3-10-17(22)18(11-13)26-31(29,30)16-8-6-15(23)7-9-16/h1-11,26H,(H,24,27)(H,25,28). The Balaban J connectivity index is 1.72. The highest BCUT2D eigenvalue weighted by atomic mass is 35.5. The van der Waals surface area contributed by atoms with Crippen LogP contribution in [-0.4, -0.2) is 20.2 Å². The minimum absolute atomic E-state index is 0.0256. The molecule has 0 unspecified atom stereocenters. The molecule has 3 aromatic carbocycles. The van der Waals surface area contributed by atoms with Gasteiger partial charge in [0.05, 0.1) is 15.6 Å². The smallest absolute Gasteiger partial charge is 0.269 e. The Morgan fingerprint density at radius 1 is 0.774 bits per heavy atom. The van der Waals surface area contributed by atoms with Gasteiger partial charge in [0.15, 0.2) is 0 Å². The zero-order chi connectivity index (χ0) is 22.6. The van der Waals surface area contributed by atoms with Crippen molar-refractivity contribution < 1.29 is 22.4 Å². The maximum absolute atomic E-state index is 13.0. The summed E-state index contributed by atoms with van der Waals surface area (Å²) in [6, 6.07) is 14.1. The van der Waals surface area contributed by atoms with E-state index in [2.05, 4.69) is 15.6 Å². The molecule has 0 aliphatic rings. The van der Waals surface area contributed by atoms with Crippen LogP contribution in [0.4, 0.5) is 10.1 Å². The molecule has 0 spiro atoms. The first-order valence-electron chi connectivity index (χ1n) is 8.60. The number of carbonyl (C=O) groups excluding carboxylic acids is 2. The summed E-state index contributed by atoms with van der Waals surface area (Å²) >= 11 is 11.8. The number of anilines is 1. The van der Waals surface area contributed by atoms with Crippen LogP contribution in [0.15, 0.2) is 71.6 Å². The molecule has 0 fully saturated rings. The first-order valence-corrected chi connectivity index (χ1v) is 10.8. The predicted octanol–water partition coefficient (Wildman–Crippen LogP) is 4.01. The zero-order valence-corrected chi connectivity index (χ0v) is 17.9. The van der Waals surface area contributed by atoms with Gasteiger partial charge in [0.2, 0.25) is 0 Å². The lowest BCUT2D eigenvalue weighted by atomic mass is 10.2. The number of sulfonamides is 1. The molecule has 2 amide bonds. The number of halogens is 3. The molecular weight excluding hydrogens is 468 g/mol. The maximum Gasteiger partial charge on any atom is 0.269 e. The Kier molecular flexibility index (Phi) is 6.79. The van der Waals surface area contributed by atoms with Crippen LogP contribution in [0.3, 0.4) is 0 Å². The van der Waals surface area contributed by atoms with Crippen molar-refractivity contribution >= 4 is 50.7 Å². The third-order valence-electron chi connectivity index (χ3n) is 3.99. The summed E-state index contributed by atoms with van der Waals surface area (Å²) in [6.45, 7) is 0. The fraction of sp³-hybridized carbons (Fsp3) is 0. The molecule has 160 valence electrons. The monoisotopic (exact) mass is 481 g/mol. The van der Waals surface area contributed by atoms with Gasteiger partial charge >= 0.3 is 0 Å². The number of hydrogen-bond acceptors (Lipinski definition) is 4. The predicted molar refractivity (Wildman–Crippen MR) is 115 cm³/mol. The van der Waals surface area contributed by atoms with Gasteiger partial charge in [-0.15, -0.1) is 0 Å². The van der Waals surface area contributed by atoms with E-state index < -0.39 is 27.7 Å². The molecule has 0 aliphatic heterocycles. The number of benzene rings is 3. The van der Waals surface area contributed by atoms with Gasteiger partial charge in [0.25, 0.3) is 21.8 Å². The molecular formula is C20H14Cl2FN3O4S. The summed E-state index contributed by atoms with van der Waals surface area (Å²) in [5.74, 6) is -1.87. The SMILES string of the molecule is O=C(NNC(=O)c1ccc(Cl)c(NS(=O)(=O)c2ccc(F)cc2)c1)c1ccc(Cl)cc1. The summed E-state index contributed by atoms with van der Waals surface area (Å²) in [5, 5.41) is 0.491. The average molecular weight is 482 g/mol. The van der Waals surface area contributed by atoms with E-state index in [0.29, 0.717) is 5.02 Å². The largest absolute Gasteiger partial charge is 0.278 e. The van der Waals surface area contributed by atoms with E-state index in [4.69, 9.17) is 23.2 Å². The van der Waals surface area contributed by atoms with Crippen LogP contribution in [0.25, 0.3) is 0 Å². The van der Waals surface area contributed by atoms with E-state index in [1.165, 1.54) is 42.5 Å². The summed E-state index contributed by atoms with van der Waals surface area (Å²) in [6.07, 6.45) is 0. The van der Waals surface area contributed by atoms with Crippen LogP contribution in [0.5, 0.6) is 0 Å². The molecule has 3 aromatic rings. The Morgan fingerprint density at radius 3 is 1.94 bits per heavy atom. The first kappa shape index (κ1) is 22.5. The highest BCUT2D eigenvalue weighted by Crippen LogP contribution is 2.26. The second kappa shape index (κ2) is 9.34. The quantitative estimate of drug-likeness (QED) is 0.478. The van der Waals surface area contributed by atoms with Crippen molar-refractivity contribution in [2.45, 2.75) is 4.90 Å². The molecule has 0 aromatic heterocycles. The molecule has 0 radical (unpaired) electrons. The van der Waals surface area contributed by atoms with Crippen molar-refractivity contribution in [3.8, 4) is 0 Å². The molecule has 3 N–H and O–H groups in total. The van der Waals surface area contributed by atoms with Crippen molar-refractivity contribution in [3.63, 3.8) is 0 Å². The van der Waals surface area contributed by atoms with E-state index in [-0.39, 0.29) is 26.7 Å². The summed E-state index contributed by atoms with van der Waals surface area (Å²) in [5.41, 5.74) is 4.70. The van der Waals surface area contributed by atoms with Crippen LogP contribution < -0.4 is 15.6 Å². The zero-order valence-electron chi connectivity index (χ0n) is 15.5. The van der Waals surface area contributed by atoms with Gasteiger partial charge in [-0.25, -0.2) is 12.8 Å². The normalized spacial score (nSPS) is 10.9. The molecule has 11 heteroatoms. The van der Waals surface area contributed by atoms with Gasteiger partial charge in [-0.05, 0) is 66.7 Å². The van der Waals surface area contributed by atoms with Crippen LogP contribution in [0, 0.1) is 5.82 Å². The average Bonchev–Trinajstić information content (AvgIpc) is 2.74. The van der Waals surface area contributed by atoms with Crippen molar-refractivity contribution in [2.24, 2.45) is 0 Å². The van der Waals surface area contributed by atoms with Gasteiger partial charge in [0, 0.05) is 16.1 Å². The lowest BCUT2D eigenvalue weighted by Gasteiger charge is -2.12. The molecule has 0 aliphatic carbocycles. The lowest BCUT2D eigenvalue weighted by molar-refractivity contribution is 0.0846. The van der Waals surface area contributed by atoms with Crippen molar-refractivity contribution in [2.75, 3.05) is 4.72 Å². The number of amides is 2. The van der Waals surface area contributed by atoms with Crippen LogP contribution in [0.2, 0.25) is 10.0 Å². The Hall–Kier alpha value is -3.14. The number of nitrogens with one attached hydrogen (secondary N) is 3. The van der Waals surface area contributed by atoms with Gasteiger partial charge in [-0.1, -0.05) is 23.2 Å². The Labute approximate surface area is 187 Å². The first-order chi connectivity index (χ1) is 14.7. The summed E-state index contributed by atoms with van der Waals surface area (Å²) < 4.78 is 40.3.